The summed E-state index contributed by atoms with van der Waals surface area (Å²) in [4.78, 5) is 28.1. The van der Waals surface area contributed by atoms with Gasteiger partial charge in [-0.1, -0.05) is 6.07 Å². The van der Waals surface area contributed by atoms with Gasteiger partial charge in [-0.2, -0.15) is 10.6 Å². The van der Waals surface area contributed by atoms with Crippen LogP contribution in [0, 0.1) is 13.8 Å². The van der Waals surface area contributed by atoms with Crippen LogP contribution in [0.2, 0.25) is 0 Å². The van der Waals surface area contributed by atoms with Gasteiger partial charge in [-0.05, 0) is 32.0 Å². The SMILES string of the molecule is Cc1cc(C)nc(NC(=O)c2nc(CN3CCS(O)(O)CC3)c3ccccn23)n1. The molecule has 3 aromatic heterocycles. The quantitative estimate of drug-likeness (QED) is 0.598. The topological polar surface area (TPSA) is 116 Å². The lowest BCUT2D eigenvalue weighted by Crippen LogP contribution is -2.37. The number of carbonyl (C=O) groups is 1. The molecule has 1 aliphatic heterocycles. The highest BCUT2D eigenvalue weighted by Gasteiger charge is 2.25. The fourth-order valence-corrected chi connectivity index (χ4v) is 4.76. The molecule has 3 N–H and O–H groups in total. The van der Waals surface area contributed by atoms with E-state index in [1.54, 1.807) is 10.6 Å². The van der Waals surface area contributed by atoms with Crippen molar-refractivity contribution in [2.45, 2.75) is 20.4 Å². The molecule has 0 aliphatic carbocycles. The molecule has 0 atom stereocenters. The number of imidazole rings is 1. The maximum Gasteiger partial charge on any atom is 0.294 e. The zero-order valence-corrected chi connectivity index (χ0v) is 17.2. The van der Waals surface area contributed by atoms with Gasteiger partial charge in [0.05, 0.1) is 22.7 Å². The van der Waals surface area contributed by atoms with E-state index in [1.165, 1.54) is 0 Å². The average Bonchev–Trinajstić information content (AvgIpc) is 3.01. The average molecular weight is 417 g/mol. The maximum absolute atomic E-state index is 12.9. The van der Waals surface area contributed by atoms with Crippen LogP contribution in [0.25, 0.3) is 5.52 Å². The zero-order chi connectivity index (χ0) is 20.6. The van der Waals surface area contributed by atoms with Crippen molar-refractivity contribution in [3.63, 3.8) is 0 Å². The zero-order valence-electron chi connectivity index (χ0n) is 16.4. The Morgan fingerprint density at radius 2 is 1.83 bits per heavy atom. The molecular formula is C19H24N6O3S. The lowest BCUT2D eigenvalue weighted by atomic mass is 10.3. The number of rotatable bonds is 4. The highest BCUT2D eigenvalue weighted by Crippen LogP contribution is 2.40. The standard InChI is InChI=1S/C19H24N6O3S/c1-13-11-14(2)21-19(20-13)23-18(26)17-22-15(16-5-3-4-6-25(16)17)12-24-7-9-29(27,28)10-8-24/h3-6,11,27-28H,7-10,12H2,1-2H3,(H,20,21,23,26). The number of hydrogen-bond donors (Lipinski definition) is 3. The van der Waals surface area contributed by atoms with Gasteiger partial charge in [0.15, 0.2) is 0 Å². The third kappa shape index (κ3) is 4.40. The first-order valence-corrected chi connectivity index (χ1v) is 11.2. The van der Waals surface area contributed by atoms with E-state index in [2.05, 4.69) is 25.2 Å². The fourth-order valence-electron chi connectivity index (χ4n) is 3.45. The van der Waals surface area contributed by atoms with Crippen LogP contribution in [0.15, 0.2) is 30.5 Å². The van der Waals surface area contributed by atoms with Crippen LogP contribution >= 0.6 is 10.6 Å². The molecule has 4 rings (SSSR count). The first kappa shape index (κ1) is 19.8. The van der Waals surface area contributed by atoms with Gasteiger partial charge in [-0.25, -0.2) is 15.0 Å². The number of pyridine rings is 1. The minimum absolute atomic E-state index is 0.253. The monoisotopic (exact) mass is 416 g/mol. The predicted molar refractivity (Wildman–Crippen MR) is 113 cm³/mol. The molecular weight excluding hydrogens is 392 g/mol. The van der Waals surface area contributed by atoms with E-state index in [-0.39, 0.29) is 17.7 Å². The van der Waals surface area contributed by atoms with E-state index >= 15 is 0 Å². The van der Waals surface area contributed by atoms with Crippen molar-refractivity contribution >= 4 is 28.0 Å². The largest absolute Gasteiger partial charge is 0.299 e. The van der Waals surface area contributed by atoms with Crippen LogP contribution in [-0.4, -0.2) is 63.9 Å². The van der Waals surface area contributed by atoms with E-state index in [1.807, 2.05) is 38.1 Å². The van der Waals surface area contributed by atoms with Crippen molar-refractivity contribution in [1.29, 1.82) is 0 Å². The molecule has 0 saturated carbocycles. The van der Waals surface area contributed by atoms with Crippen LogP contribution in [0.1, 0.15) is 27.7 Å². The molecule has 4 heterocycles. The fraction of sp³-hybridized carbons (Fsp3) is 0.368. The molecule has 0 radical (unpaired) electrons. The summed E-state index contributed by atoms with van der Waals surface area (Å²) >= 11 is 0. The Kier molecular flexibility index (Phi) is 5.26. The molecule has 10 heteroatoms. The maximum atomic E-state index is 12.9. The van der Waals surface area contributed by atoms with Gasteiger partial charge in [0.1, 0.15) is 0 Å². The van der Waals surface area contributed by atoms with Crippen LogP contribution in [-0.2, 0) is 6.54 Å². The third-order valence-corrected chi connectivity index (χ3v) is 6.55. The second kappa shape index (κ2) is 7.71. The van der Waals surface area contributed by atoms with Gasteiger partial charge in [0, 0.05) is 37.2 Å². The lowest BCUT2D eigenvalue weighted by Gasteiger charge is -2.40. The van der Waals surface area contributed by atoms with E-state index < -0.39 is 10.6 Å². The number of aromatic nitrogens is 4. The molecule has 3 aromatic rings. The number of nitrogens with one attached hydrogen (secondary N) is 1. The summed E-state index contributed by atoms with van der Waals surface area (Å²) in [7, 11) is -2.45. The summed E-state index contributed by atoms with van der Waals surface area (Å²) in [5.41, 5.74) is 3.17. The van der Waals surface area contributed by atoms with E-state index in [9.17, 15) is 13.9 Å². The number of amides is 1. The van der Waals surface area contributed by atoms with Crippen molar-refractivity contribution in [1.82, 2.24) is 24.3 Å². The molecule has 0 unspecified atom stereocenters. The van der Waals surface area contributed by atoms with Crippen molar-refractivity contribution in [3.8, 4) is 0 Å². The smallest absolute Gasteiger partial charge is 0.294 e. The molecule has 1 aliphatic rings. The van der Waals surface area contributed by atoms with Crippen LogP contribution < -0.4 is 5.32 Å². The first-order chi connectivity index (χ1) is 13.8. The number of nitrogens with zero attached hydrogens (tertiary/aromatic N) is 5. The number of hydrogen-bond acceptors (Lipinski definition) is 7. The molecule has 154 valence electrons. The Bertz CT molecular complexity index is 1040. The summed E-state index contributed by atoms with van der Waals surface area (Å²) < 4.78 is 21.4. The second-order valence-corrected chi connectivity index (χ2v) is 9.67. The van der Waals surface area contributed by atoms with Gasteiger partial charge < -0.3 is 0 Å². The Labute approximate surface area is 170 Å². The van der Waals surface area contributed by atoms with Crippen molar-refractivity contribution in [2.75, 3.05) is 29.9 Å². The highest BCUT2D eigenvalue weighted by molar-refractivity contribution is 8.24. The summed E-state index contributed by atoms with van der Waals surface area (Å²) in [6.45, 7) is 5.41. The van der Waals surface area contributed by atoms with Crippen LogP contribution in [0.3, 0.4) is 0 Å². The minimum Gasteiger partial charge on any atom is -0.299 e. The molecule has 1 fully saturated rings. The number of anilines is 1. The van der Waals surface area contributed by atoms with E-state index in [0.29, 0.717) is 31.1 Å². The number of fused-ring (bicyclic) bond motifs is 1. The van der Waals surface area contributed by atoms with E-state index in [0.717, 1.165) is 22.6 Å². The molecule has 29 heavy (non-hydrogen) atoms. The highest BCUT2D eigenvalue weighted by atomic mass is 32.3. The Balaban J connectivity index is 1.59. The number of aryl methyl sites for hydroxylation is 2. The van der Waals surface area contributed by atoms with Gasteiger partial charge in [-0.3, -0.25) is 28.5 Å². The second-order valence-electron chi connectivity index (χ2n) is 7.25. The summed E-state index contributed by atoms with van der Waals surface area (Å²) in [6, 6.07) is 7.51. The van der Waals surface area contributed by atoms with Crippen LogP contribution in [0.4, 0.5) is 5.95 Å². The predicted octanol–water partition coefficient (Wildman–Crippen LogP) is 2.56. The molecule has 1 amide bonds. The molecule has 9 nitrogen and oxygen atoms in total. The van der Waals surface area contributed by atoms with Crippen molar-refractivity contribution in [3.05, 3.63) is 53.4 Å². The Morgan fingerprint density at radius 1 is 1.14 bits per heavy atom. The normalized spacial score (nSPS) is 17.9. The molecule has 1 saturated heterocycles. The third-order valence-electron chi connectivity index (χ3n) is 4.88. The van der Waals surface area contributed by atoms with Gasteiger partial charge in [-0.15, -0.1) is 0 Å². The molecule has 0 spiro atoms. The summed E-state index contributed by atoms with van der Waals surface area (Å²) in [6.07, 6.45) is 1.80. The minimum atomic E-state index is -2.45. The Morgan fingerprint density at radius 3 is 2.52 bits per heavy atom. The molecule has 0 aromatic carbocycles. The van der Waals surface area contributed by atoms with Crippen molar-refractivity contribution in [2.24, 2.45) is 0 Å². The van der Waals surface area contributed by atoms with Gasteiger partial charge >= 0.3 is 0 Å². The van der Waals surface area contributed by atoms with Crippen LogP contribution in [0.5, 0.6) is 0 Å². The lowest BCUT2D eigenvalue weighted by molar-refractivity contribution is 0.101. The Hall–Kier alpha value is -2.53. The molecule has 0 bridgehead atoms. The van der Waals surface area contributed by atoms with Crippen molar-refractivity contribution < 1.29 is 13.9 Å². The summed E-state index contributed by atoms with van der Waals surface area (Å²) in [5.74, 6) is 0.879. The van der Waals surface area contributed by atoms with E-state index in [4.69, 9.17) is 0 Å². The number of carbonyl (C=O) groups excluding carboxylic acids is 1. The van der Waals surface area contributed by atoms with Gasteiger partial charge in [0.2, 0.25) is 11.8 Å². The first-order valence-electron chi connectivity index (χ1n) is 9.36. The van der Waals surface area contributed by atoms with Gasteiger partial charge in [0.25, 0.3) is 5.91 Å². The summed E-state index contributed by atoms with van der Waals surface area (Å²) in [5, 5.41) is 2.74.